The normalized spacial score (nSPS) is 15.2. The van der Waals surface area contributed by atoms with Gasteiger partial charge in [0.15, 0.2) is 5.13 Å². The second kappa shape index (κ2) is 7.51. The second-order valence-electron chi connectivity index (χ2n) is 5.69. The molecule has 7 heteroatoms. The van der Waals surface area contributed by atoms with E-state index in [0.717, 1.165) is 41.9 Å². The number of thiazole rings is 1. The topological polar surface area (TPSA) is 36.4 Å². The molecule has 1 amide bonds. The maximum atomic E-state index is 12.3. The molecule has 4 heterocycles. The van der Waals surface area contributed by atoms with Crippen molar-refractivity contribution in [2.24, 2.45) is 0 Å². The lowest BCUT2D eigenvalue weighted by Gasteiger charge is -2.34. The number of thiophene rings is 2. The van der Waals surface area contributed by atoms with E-state index in [-0.39, 0.29) is 5.91 Å². The van der Waals surface area contributed by atoms with Crippen LogP contribution < -0.4 is 4.90 Å². The highest BCUT2D eigenvalue weighted by Gasteiger charge is 2.21. The molecule has 3 aromatic rings. The lowest BCUT2D eigenvalue weighted by atomic mass is 10.3. The smallest absolute Gasteiger partial charge is 0.246 e. The van der Waals surface area contributed by atoms with Crippen molar-refractivity contribution in [2.45, 2.75) is 0 Å². The summed E-state index contributed by atoms with van der Waals surface area (Å²) in [7, 11) is 0. The molecule has 128 valence electrons. The number of hydrogen-bond acceptors (Lipinski definition) is 6. The second-order valence-corrected chi connectivity index (χ2v) is 8.28. The van der Waals surface area contributed by atoms with E-state index in [9.17, 15) is 4.79 Å². The summed E-state index contributed by atoms with van der Waals surface area (Å²) in [6.07, 6.45) is 3.58. The predicted molar refractivity (Wildman–Crippen MR) is 108 cm³/mol. The number of carbonyl (C=O) groups excluding carboxylic acids is 1. The van der Waals surface area contributed by atoms with Crippen molar-refractivity contribution in [1.82, 2.24) is 9.88 Å². The summed E-state index contributed by atoms with van der Waals surface area (Å²) >= 11 is 5.00. The summed E-state index contributed by atoms with van der Waals surface area (Å²) in [5.41, 5.74) is 2.22. The van der Waals surface area contributed by atoms with Crippen LogP contribution in [0.1, 0.15) is 4.88 Å². The first-order valence-electron chi connectivity index (χ1n) is 8.03. The average Bonchev–Trinajstić information content (AvgIpc) is 3.42. The fourth-order valence-electron chi connectivity index (χ4n) is 2.72. The van der Waals surface area contributed by atoms with E-state index < -0.39 is 0 Å². The minimum absolute atomic E-state index is 0.0890. The lowest BCUT2D eigenvalue weighted by molar-refractivity contribution is -0.126. The van der Waals surface area contributed by atoms with E-state index >= 15 is 0 Å². The van der Waals surface area contributed by atoms with Crippen molar-refractivity contribution in [3.8, 4) is 11.3 Å². The average molecular weight is 388 g/mol. The molecule has 0 aromatic carbocycles. The summed E-state index contributed by atoms with van der Waals surface area (Å²) in [6.45, 7) is 3.13. The Balaban J connectivity index is 1.34. The van der Waals surface area contributed by atoms with Gasteiger partial charge in [-0.15, -0.1) is 22.7 Å². The van der Waals surface area contributed by atoms with Crippen LogP contribution in [-0.2, 0) is 4.79 Å². The van der Waals surface area contributed by atoms with Crippen molar-refractivity contribution in [2.75, 3.05) is 31.1 Å². The van der Waals surface area contributed by atoms with Crippen LogP contribution in [0.25, 0.3) is 17.3 Å². The van der Waals surface area contributed by atoms with E-state index in [2.05, 4.69) is 27.1 Å². The van der Waals surface area contributed by atoms with Gasteiger partial charge in [-0.1, -0.05) is 6.07 Å². The van der Waals surface area contributed by atoms with Crippen LogP contribution in [0.5, 0.6) is 0 Å². The largest absolute Gasteiger partial charge is 0.345 e. The molecule has 1 saturated heterocycles. The highest BCUT2D eigenvalue weighted by atomic mass is 32.1. The molecule has 0 aliphatic carbocycles. The Kier molecular flexibility index (Phi) is 4.96. The lowest BCUT2D eigenvalue weighted by Crippen LogP contribution is -2.48. The molecule has 1 aliphatic heterocycles. The number of piperazine rings is 1. The molecule has 25 heavy (non-hydrogen) atoms. The van der Waals surface area contributed by atoms with Gasteiger partial charge in [-0.3, -0.25) is 4.79 Å². The number of aromatic nitrogens is 1. The molecule has 0 N–H and O–H groups in total. The SMILES string of the molecule is O=C(/C=C/c1cccs1)N1CCN(c2nc(-c3ccsc3)cs2)CC1. The van der Waals surface area contributed by atoms with E-state index in [4.69, 9.17) is 4.98 Å². The van der Waals surface area contributed by atoms with Gasteiger partial charge in [0, 0.05) is 53.5 Å². The zero-order valence-corrected chi connectivity index (χ0v) is 15.9. The molecule has 0 saturated carbocycles. The Labute approximate surface area is 158 Å². The predicted octanol–water partition coefficient (Wildman–Crippen LogP) is 4.30. The van der Waals surface area contributed by atoms with Crippen molar-refractivity contribution >= 4 is 51.1 Å². The van der Waals surface area contributed by atoms with Gasteiger partial charge in [-0.25, -0.2) is 4.98 Å². The summed E-state index contributed by atoms with van der Waals surface area (Å²) in [5, 5.41) is 9.36. The first-order valence-corrected chi connectivity index (χ1v) is 10.7. The summed E-state index contributed by atoms with van der Waals surface area (Å²) in [4.78, 5) is 22.3. The molecule has 1 fully saturated rings. The highest BCUT2D eigenvalue weighted by molar-refractivity contribution is 7.14. The van der Waals surface area contributed by atoms with Gasteiger partial charge in [0.1, 0.15) is 0 Å². The zero-order valence-electron chi connectivity index (χ0n) is 13.5. The molecular weight excluding hydrogens is 370 g/mol. The summed E-state index contributed by atoms with van der Waals surface area (Å²) in [5.74, 6) is 0.0890. The third-order valence-electron chi connectivity index (χ3n) is 4.10. The molecule has 0 radical (unpaired) electrons. The number of amides is 1. The molecule has 0 bridgehead atoms. The maximum absolute atomic E-state index is 12.3. The van der Waals surface area contributed by atoms with Crippen molar-refractivity contribution in [3.05, 3.63) is 50.7 Å². The first kappa shape index (κ1) is 16.5. The highest BCUT2D eigenvalue weighted by Crippen LogP contribution is 2.29. The summed E-state index contributed by atoms with van der Waals surface area (Å²) in [6, 6.07) is 6.10. The van der Waals surface area contributed by atoms with Gasteiger partial charge in [0.25, 0.3) is 0 Å². The van der Waals surface area contributed by atoms with Gasteiger partial charge in [-0.05, 0) is 29.0 Å². The van der Waals surface area contributed by atoms with Crippen molar-refractivity contribution in [1.29, 1.82) is 0 Å². The number of nitrogens with zero attached hydrogens (tertiary/aromatic N) is 3. The Morgan fingerprint density at radius 3 is 2.68 bits per heavy atom. The minimum Gasteiger partial charge on any atom is -0.345 e. The van der Waals surface area contributed by atoms with E-state index in [1.807, 2.05) is 28.5 Å². The molecule has 0 spiro atoms. The Morgan fingerprint density at radius 1 is 1.08 bits per heavy atom. The first-order chi connectivity index (χ1) is 12.3. The molecule has 0 unspecified atom stereocenters. The number of hydrogen-bond donors (Lipinski definition) is 0. The van der Waals surface area contributed by atoms with Gasteiger partial charge in [0.05, 0.1) is 5.69 Å². The fraction of sp³-hybridized carbons (Fsp3) is 0.222. The number of rotatable bonds is 4. The van der Waals surface area contributed by atoms with Crippen LogP contribution in [0.15, 0.2) is 45.8 Å². The van der Waals surface area contributed by atoms with Crippen LogP contribution in [0.3, 0.4) is 0 Å². The third-order valence-corrected chi connectivity index (χ3v) is 6.53. The fourth-order valence-corrected chi connectivity index (χ4v) is 4.87. The van der Waals surface area contributed by atoms with Gasteiger partial charge in [0.2, 0.25) is 5.91 Å². The number of carbonyl (C=O) groups is 1. The van der Waals surface area contributed by atoms with Gasteiger partial charge < -0.3 is 9.80 Å². The van der Waals surface area contributed by atoms with Crippen LogP contribution in [-0.4, -0.2) is 42.0 Å². The minimum atomic E-state index is 0.0890. The molecule has 3 aromatic heterocycles. The Hall–Kier alpha value is -1.96. The van der Waals surface area contributed by atoms with E-state index in [1.165, 1.54) is 5.56 Å². The van der Waals surface area contributed by atoms with E-state index in [1.54, 1.807) is 40.1 Å². The van der Waals surface area contributed by atoms with Crippen molar-refractivity contribution in [3.63, 3.8) is 0 Å². The van der Waals surface area contributed by atoms with Gasteiger partial charge >= 0.3 is 0 Å². The standard InChI is InChI=1S/C18H17N3OS3/c22-17(4-3-15-2-1-10-24-15)20-6-8-21(9-7-20)18-19-16(13-25-18)14-5-11-23-12-14/h1-5,10-13H,6-9H2/b4-3+. The molecule has 0 atom stereocenters. The molecular formula is C18H17N3OS3. The quantitative estimate of drug-likeness (QED) is 0.627. The van der Waals surface area contributed by atoms with Gasteiger partial charge in [-0.2, -0.15) is 11.3 Å². The zero-order chi connectivity index (χ0) is 17.1. The third kappa shape index (κ3) is 3.84. The Bertz CT molecular complexity index is 844. The monoisotopic (exact) mass is 387 g/mol. The van der Waals surface area contributed by atoms with Crippen molar-refractivity contribution < 1.29 is 4.79 Å². The maximum Gasteiger partial charge on any atom is 0.246 e. The van der Waals surface area contributed by atoms with Crippen LogP contribution in [0.2, 0.25) is 0 Å². The van der Waals surface area contributed by atoms with E-state index in [0.29, 0.717) is 0 Å². The van der Waals surface area contributed by atoms with Crippen LogP contribution in [0.4, 0.5) is 5.13 Å². The molecule has 4 nitrogen and oxygen atoms in total. The summed E-state index contributed by atoms with van der Waals surface area (Å²) < 4.78 is 0. The molecule has 1 aliphatic rings. The molecule has 4 rings (SSSR count). The van der Waals surface area contributed by atoms with Crippen LogP contribution in [0, 0.1) is 0 Å². The number of anilines is 1. The Morgan fingerprint density at radius 2 is 1.96 bits per heavy atom. The van der Waals surface area contributed by atoms with Crippen LogP contribution >= 0.6 is 34.0 Å².